The Hall–Kier alpha value is -4.22. The van der Waals surface area contributed by atoms with Crippen LogP contribution in [0.3, 0.4) is 0 Å². The lowest BCUT2D eigenvalue weighted by molar-refractivity contribution is 0.0786. The highest BCUT2D eigenvalue weighted by molar-refractivity contribution is 7.91. The second kappa shape index (κ2) is 12.0. The molecule has 246 valence electrons. The van der Waals surface area contributed by atoms with Crippen LogP contribution in [0.15, 0.2) is 108 Å². The van der Waals surface area contributed by atoms with Gasteiger partial charge in [0.15, 0.2) is 19.7 Å². The lowest BCUT2D eigenvalue weighted by atomic mass is 9.92. The SMILES string of the molecule is CC(C)(O)c1cccc(-c2nc(-c3ccc(S(C)(=O)=O)cc3)c(-c3cccc(-c4cc(C(C)(C)S(C)(=O)=O)cc5cccnc45)c3)s2)c1. The first kappa shape index (κ1) is 33.7. The number of hydrogen-bond acceptors (Lipinski definition) is 8. The second-order valence-corrected chi connectivity index (χ2v) is 18.7. The van der Waals surface area contributed by atoms with E-state index in [1.54, 1.807) is 58.2 Å². The third-order valence-corrected chi connectivity index (χ3v) is 13.1. The first-order valence-electron chi connectivity index (χ1n) is 15.3. The Bertz CT molecular complexity index is 2410. The minimum absolute atomic E-state index is 0.222. The molecule has 6 rings (SSSR count). The van der Waals surface area contributed by atoms with E-state index in [1.807, 2.05) is 66.7 Å². The minimum atomic E-state index is -3.44. The van der Waals surface area contributed by atoms with Crippen LogP contribution in [0.1, 0.15) is 38.8 Å². The van der Waals surface area contributed by atoms with Crippen molar-refractivity contribution < 1.29 is 21.9 Å². The van der Waals surface area contributed by atoms with Gasteiger partial charge in [-0.2, -0.15) is 0 Å². The summed E-state index contributed by atoms with van der Waals surface area (Å²) in [5.41, 5.74) is 6.00. The molecule has 2 aromatic heterocycles. The van der Waals surface area contributed by atoms with Gasteiger partial charge in [-0.15, -0.1) is 11.3 Å². The largest absolute Gasteiger partial charge is 0.386 e. The first-order chi connectivity index (χ1) is 22.4. The van der Waals surface area contributed by atoms with Crippen molar-refractivity contribution in [2.75, 3.05) is 12.5 Å². The van der Waals surface area contributed by atoms with Crippen LogP contribution in [0.5, 0.6) is 0 Å². The molecular weight excluding hydrogens is 661 g/mol. The van der Waals surface area contributed by atoms with Crippen molar-refractivity contribution in [2.45, 2.75) is 42.9 Å². The van der Waals surface area contributed by atoms with Gasteiger partial charge in [-0.1, -0.05) is 54.6 Å². The Balaban J connectivity index is 1.56. The topological polar surface area (TPSA) is 114 Å². The van der Waals surface area contributed by atoms with Crippen molar-refractivity contribution in [3.05, 3.63) is 114 Å². The van der Waals surface area contributed by atoms with Crippen molar-refractivity contribution >= 4 is 41.9 Å². The van der Waals surface area contributed by atoms with E-state index >= 15 is 0 Å². The maximum atomic E-state index is 12.9. The summed E-state index contributed by atoms with van der Waals surface area (Å²) in [5, 5.41) is 12.3. The average molecular weight is 697 g/mol. The Labute approximate surface area is 285 Å². The van der Waals surface area contributed by atoms with Crippen LogP contribution in [0.2, 0.25) is 0 Å². The number of nitrogens with zero attached hydrogens (tertiary/aromatic N) is 2. The molecule has 0 atom stereocenters. The van der Waals surface area contributed by atoms with E-state index in [4.69, 9.17) is 4.98 Å². The molecule has 7 nitrogen and oxygen atoms in total. The molecule has 2 heterocycles. The van der Waals surface area contributed by atoms with Crippen molar-refractivity contribution in [3.63, 3.8) is 0 Å². The third kappa shape index (κ3) is 6.45. The van der Waals surface area contributed by atoms with Crippen molar-refractivity contribution in [1.29, 1.82) is 0 Å². The number of pyridine rings is 1. The van der Waals surface area contributed by atoms with Crippen molar-refractivity contribution in [1.82, 2.24) is 9.97 Å². The highest BCUT2D eigenvalue weighted by atomic mass is 32.2. The summed E-state index contributed by atoms with van der Waals surface area (Å²) in [6.45, 7) is 6.91. The molecule has 0 saturated heterocycles. The van der Waals surface area contributed by atoms with Gasteiger partial charge in [-0.3, -0.25) is 4.98 Å². The summed E-state index contributed by atoms with van der Waals surface area (Å²) in [6, 6.07) is 30.0. The molecule has 10 heteroatoms. The molecule has 0 amide bonds. The molecular formula is C38H36N2O5S3. The zero-order valence-corrected chi connectivity index (χ0v) is 30.0. The monoisotopic (exact) mass is 696 g/mol. The highest BCUT2D eigenvalue weighted by Crippen LogP contribution is 2.43. The fourth-order valence-corrected chi connectivity index (χ4v) is 7.79. The number of rotatable bonds is 8. The number of aliphatic hydroxyl groups is 1. The van der Waals surface area contributed by atoms with Crippen LogP contribution in [-0.2, 0) is 30.0 Å². The standard InChI is InChI=1S/C38H36N2O5S3/c1-37(2,41)29-14-8-12-28(22-29)36-40-34(24-15-17-31(18-16-24)47(5,42)43)35(46-36)27-11-7-10-25(20-27)32-23-30(38(3,4)48(6,44)45)21-26-13-9-19-39-33(26)32/h7-23,41H,1-6H3. The Morgan fingerprint density at radius 1 is 0.688 bits per heavy atom. The lowest BCUT2D eigenvalue weighted by Gasteiger charge is -2.24. The summed E-state index contributed by atoms with van der Waals surface area (Å²) in [7, 11) is -6.82. The van der Waals surface area contributed by atoms with E-state index in [-0.39, 0.29) is 4.90 Å². The Morgan fingerprint density at radius 2 is 1.35 bits per heavy atom. The van der Waals surface area contributed by atoms with Gasteiger partial charge in [0.1, 0.15) is 5.01 Å². The van der Waals surface area contributed by atoms with Gasteiger partial charge in [0, 0.05) is 40.8 Å². The minimum Gasteiger partial charge on any atom is -0.386 e. The number of hydrogen-bond donors (Lipinski definition) is 1. The molecule has 0 fully saturated rings. The number of aromatic nitrogens is 2. The molecule has 1 N–H and O–H groups in total. The molecule has 0 saturated carbocycles. The number of benzene rings is 4. The molecule has 0 unspecified atom stereocenters. The summed E-state index contributed by atoms with van der Waals surface area (Å²) < 4.78 is 49.0. The van der Waals surface area contributed by atoms with Crippen LogP contribution in [-0.4, -0.2) is 44.4 Å². The van der Waals surface area contributed by atoms with Crippen LogP contribution < -0.4 is 0 Å². The Kier molecular flexibility index (Phi) is 8.44. The van der Waals surface area contributed by atoms with E-state index in [0.717, 1.165) is 54.2 Å². The second-order valence-electron chi connectivity index (χ2n) is 13.1. The fourth-order valence-electron chi connectivity index (χ4n) is 5.53. The summed E-state index contributed by atoms with van der Waals surface area (Å²) >= 11 is 1.50. The molecule has 0 aliphatic rings. The van der Waals surface area contributed by atoms with Gasteiger partial charge in [-0.05, 0) is 92.4 Å². The van der Waals surface area contributed by atoms with Gasteiger partial charge in [0.25, 0.3) is 0 Å². The zero-order chi connectivity index (χ0) is 34.6. The van der Waals surface area contributed by atoms with Gasteiger partial charge in [-0.25, -0.2) is 21.8 Å². The summed E-state index contributed by atoms with van der Waals surface area (Å²) in [4.78, 5) is 10.9. The van der Waals surface area contributed by atoms with E-state index in [9.17, 15) is 21.9 Å². The molecule has 4 aromatic carbocycles. The van der Waals surface area contributed by atoms with Gasteiger partial charge < -0.3 is 5.11 Å². The van der Waals surface area contributed by atoms with Gasteiger partial charge >= 0.3 is 0 Å². The summed E-state index contributed by atoms with van der Waals surface area (Å²) in [6.07, 6.45) is 4.16. The molecule has 0 radical (unpaired) electrons. The van der Waals surface area contributed by atoms with Crippen LogP contribution >= 0.6 is 11.3 Å². The zero-order valence-electron chi connectivity index (χ0n) is 27.5. The van der Waals surface area contributed by atoms with E-state index in [2.05, 4.69) is 11.1 Å². The predicted molar refractivity (Wildman–Crippen MR) is 195 cm³/mol. The maximum Gasteiger partial charge on any atom is 0.175 e. The van der Waals surface area contributed by atoms with E-state index in [1.165, 1.54) is 23.8 Å². The molecule has 6 aromatic rings. The van der Waals surface area contributed by atoms with Crippen LogP contribution in [0.25, 0.3) is 54.3 Å². The average Bonchev–Trinajstić information content (AvgIpc) is 3.49. The van der Waals surface area contributed by atoms with E-state index in [0.29, 0.717) is 11.3 Å². The molecule has 0 aliphatic heterocycles. The molecule has 0 aliphatic carbocycles. The Morgan fingerprint density at radius 3 is 2.02 bits per heavy atom. The van der Waals surface area contributed by atoms with E-state index < -0.39 is 30.0 Å². The highest BCUT2D eigenvalue weighted by Gasteiger charge is 2.33. The van der Waals surface area contributed by atoms with Gasteiger partial charge in [0.2, 0.25) is 0 Å². The number of thiazole rings is 1. The third-order valence-electron chi connectivity index (χ3n) is 8.76. The molecule has 0 bridgehead atoms. The first-order valence-corrected chi connectivity index (χ1v) is 19.9. The summed E-state index contributed by atoms with van der Waals surface area (Å²) in [5.74, 6) is 0. The van der Waals surface area contributed by atoms with Crippen LogP contribution in [0.4, 0.5) is 0 Å². The number of sulfone groups is 2. The fraction of sp³-hybridized carbons (Fsp3) is 0.211. The van der Waals surface area contributed by atoms with Crippen molar-refractivity contribution in [3.8, 4) is 43.4 Å². The number of fused-ring (bicyclic) bond motifs is 1. The molecule has 0 spiro atoms. The predicted octanol–water partition coefficient (Wildman–Crippen LogP) is 8.27. The van der Waals surface area contributed by atoms with Crippen LogP contribution in [0, 0.1) is 0 Å². The quantitative estimate of drug-likeness (QED) is 0.170. The smallest absolute Gasteiger partial charge is 0.175 e. The lowest BCUT2D eigenvalue weighted by Crippen LogP contribution is -2.28. The normalized spacial score (nSPS) is 12.8. The van der Waals surface area contributed by atoms with Gasteiger partial charge in [0.05, 0.1) is 31.3 Å². The molecule has 48 heavy (non-hydrogen) atoms. The van der Waals surface area contributed by atoms with Crippen molar-refractivity contribution in [2.24, 2.45) is 0 Å². The maximum absolute atomic E-state index is 12.9.